The van der Waals surface area contributed by atoms with E-state index in [0.29, 0.717) is 6.54 Å². The van der Waals surface area contributed by atoms with Gasteiger partial charge in [-0.3, -0.25) is 0 Å². The number of aliphatic hydroxyl groups is 1. The standard InChI is InChI=1S/C6H15NO/c1-6(2,5-7)3-4-8/h8H,3-5,7H2,1-2H3. The van der Waals surface area contributed by atoms with Crippen LogP contribution in [-0.2, 0) is 0 Å². The molecular formula is C6H15NO. The fourth-order valence-corrected chi connectivity index (χ4v) is 0.405. The molecule has 0 aromatic rings. The molecule has 0 aliphatic heterocycles. The van der Waals surface area contributed by atoms with Crippen LogP contribution in [0.15, 0.2) is 0 Å². The van der Waals surface area contributed by atoms with E-state index in [9.17, 15) is 0 Å². The van der Waals surface area contributed by atoms with Gasteiger partial charge in [0.25, 0.3) is 0 Å². The minimum absolute atomic E-state index is 0.120. The summed E-state index contributed by atoms with van der Waals surface area (Å²) in [7, 11) is 0. The molecule has 0 amide bonds. The van der Waals surface area contributed by atoms with Gasteiger partial charge in [-0.05, 0) is 18.4 Å². The smallest absolute Gasteiger partial charge is 0.0436 e. The second-order valence-electron chi connectivity index (χ2n) is 2.84. The zero-order chi connectivity index (χ0) is 6.62. The molecule has 0 aromatic heterocycles. The lowest BCUT2D eigenvalue weighted by Crippen LogP contribution is -2.24. The van der Waals surface area contributed by atoms with Gasteiger partial charge in [-0.15, -0.1) is 0 Å². The summed E-state index contributed by atoms with van der Waals surface area (Å²) < 4.78 is 0. The molecule has 0 atom stereocenters. The molecule has 0 unspecified atom stereocenters. The summed E-state index contributed by atoms with van der Waals surface area (Å²) in [6.07, 6.45) is 0.795. The summed E-state index contributed by atoms with van der Waals surface area (Å²) in [5.41, 5.74) is 5.50. The molecular weight excluding hydrogens is 102 g/mol. The first kappa shape index (κ1) is 7.92. The highest BCUT2D eigenvalue weighted by Crippen LogP contribution is 2.16. The number of aliphatic hydroxyl groups excluding tert-OH is 1. The molecule has 2 heteroatoms. The molecule has 0 aliphatic rings. The van der Waals surface area contributed by atoms with Crippen LogP contribution >= 0.6 is 0 Å². The van der Waals surface area contributed by atoms with E-state index in [1.807, 2.05) is 13.8 Å². The van der Waals surface area contributed by atoms with Crippen LogP contribution in [0.2, 0.25) is 0 Å². The quantitative estimate of drug-likeness (QED) is 0.560. The Morgan fingerprint density at radius 2 is 2.00 bits per heavy atom. The zero-order valence-corrected chi connectivity index (χ0v) is 5.65. The van der Waals surface area contributed by atoms with Gasteiger partial charge in [0.1, 0.15) is 0 Å². The highest BCUT2D eigenvalue weighted by atomic mass is 16.3. The lowest BCUT2D eigenvalue weighted by Gasteiger charge is -2.19. The maximum absolute atomic E-state index is 8.48. The van der Waals surface area contributed by atoms with Gasteiger partial charge in [0.15, 0.2) is 0 Å². The van der Waals surface area contributed by atoms with Crippen molar-refractivity contribution in [2.24, 2.45) is 11.1 Å². The van der Waals surface area contributed by atoms with Gasteiger partial charge in [0, 0.05) is 6.61 Å². The van der Waals surface area contributed by atoms with Crippen LogP contribution in [0.25, 0.3) is 0 Å². The van der Waals surface area contributed by atoms with E-state index in [1.54, 1.807) is 0 Å². The number of rotatable bonds is 3. The molecule has 8 heavy (non-hydrogen) atoms. The second-order valence-corrected chi connectivity index (χ2v) is 2.84. The predicted molar refractivity (Wildman–Crippen MR) is 34.5 cm³/mol. The van der Waals surface area contributed by atoms with E-state index in [-0.39, 0.29) is 12.0 Å². The Bertz CT molecular complexity index is 61.5. The first-order valence-electron chi connectivity index (χ1n) is 2.93. The average molecular weight is 117 g/mol. The Hall–Kier alpha value is -0.0800. The largest absolute Gasteiger partial charge is 0.396 e. The first-order chi connectivity index (χ1) is 3.62. The van der Waals surface area contributed by atoms with Gasteiger partial charge in [0.2, 0.25) is 0 Å². The maximum Gasteiger partial charge on any atom is 0.0436 e. The Kier molecular flexibility index (Phi) is 3.02. The molecule has 50 valence electrons. The van der Waals surface area contributed by atoms with Gasteiger partial charge < -0.3 is 10.8 Å². The molecule has 0 aromatic carbocycles. The number of hydrogen-bond donors (Lipinski definition) is 2. The van der Waals surface area contributed by atoms with Crippen molar-refractivity contribution in [3.05, 3.63) is 0 Å². The minimum atomic E-state index is 0.120. The van der Waals surface area contributed by atoms with Crippen molar-refractivity contribution in [1.29, 1.82) is 0 Å². The van der Waals surface area contributed by atoms with Gasteiger partial charge >= 0.3 is 0 Å². The lowest BCUT2D eigenvalue weighted by molar-refractivity contribution is 0.216. The van der Waals surface area contributed by atoms with Crippen LogP contribution in [0.4, 0.5) is 0 Å². The number of nitrogens with two attached hydrogens (primary N) is 1. The van der Waals surface area contributed by atoms with Gasteiger partial charge in [-0.2, -0.15) is 0 Å². The van der Waals surface area contributed by atoms with Crippen molar-refractivity contribution in [2.45, 2.75) is 20.3 Å². The normalized spacial score (nSPS) is 12.0. The van der Waals surface area contributed by atoms with E-state index < -0.39 is 0 Å². The van der Waals surface area contributed by atoms with Crippen molar-refractivity contribution in [2.75, 3.05) is 13.2 Å². The highest BCUT2D eigenvalue weighted by molar-refractivity contribution is 4.67. The molecule has 3 N–H and O–H groups in total. The van der Waals surface area contributed by atoms with Crippen molar-refractivity contribution >= 4 is 0 Å². The second kappa shape index (κ2) is 3.05. The van der Waals surface area contributed by atoms with Crippen molar-refractivity contribution < 1.29 is 5.11 Å². The van der Waals surface area contributed by atoms with Gasteiger partial charge in [-0.25, -0.2) is 0 Å². The maximum atomic E-state index is 8.48. The van der Waals surface area contributed by atoms with E-state index in [1.165, 1.54) is 0 Å². The van der Waals surface area contributed by atoms with Crippen molar-refractivity contribution in [3.8, 4) is 0 Å². The van der Waals surface area contributed by atoms with Gasteiger partial charge in [0.05, 0.1) is 0 Å². The molecule has 0 saturated carbocycles. The Morgan fingerprint density at radius 3 is 2.12 bits per heavy atom. The third kappa shape index (κ3) is 2.99. The summed E-state index contributed by atoms with van der Waals surface area (Å²) in [4.78, 5) is 0. The van der Waals surface area contributed by atoms with Crippen molar-refractivity contribution in [3.63, 3.8) is 0 Å². The van der Waals surface area contributed by atoms with Crippen LogP contribution in [0.3, 0.4) is 0 Å². The summed E-state index contributed by atoms with van der Waals surface area (Å²) in [6.45, 7) is 4.98. The summed E-state index contributed by atoms with van der Waals surface area (Å²) in [6, 6.07) is 0. The molecule has 0 fully saturated rings. The van der Waals surface area contributed by atoms with Crippen LogP contribution in [0.5, 0.6) is 0 Å². The fourth-order valence-electron chi connectivity index (χ4n) is 0.405. The minimum Gasteiger partial charge on any atom is -0.396 e. The van der Waals surface area contributed by atoms with Crippen LogP contribution in [0, 0.1) is 5.41 Å². The Labute approximate surface area is 50.7 Å². The molecule has 0 heterocycles. The first-order valence-corrected chi connectivity index (χ1v) is 2.93. The van der Waals surface area contributed by atoms with Crippen LogP contribution < -0.4 is 5.73 Å². The Morgan fingerprint density at radius 1 is 1.50 bits per heavy atom. The Balaban J connectivity index is 3.37. The summed E-state index contributed by atoms with van der Waals surface area (Å²) >= 11 is 0. The topological polar surface area (TPSA) is 46.2 Å². The fraction of sp³-hybridized carbons (Fsp3) is 1.00. The highest BCUT2D eigenvalue weighted by Gasteiger charge is 2.13. The summed E-state index contributed by atoms with van der Waals surface area (Å²) in [5, 5.41) is 8.48. The van der Waals surface area contributed by atoms with Crippen LogP contribution in [-0.4, -0.2) is 18.3 Å². The third-order valence-electron chi connectivity index (χ3n) is 1.34. The van der Waals surface area contributed by atoms with Crippen molar-refractivity contribution in [1.82, 2.24) is 0 Å². The molecule has 0 bridgehead atoms. The monoisotopic (exact) mass is 117 g/mol. The SMILES string of the molecule is CC(C)(CN)CCO. The molecule has 2 nitrogen and oxygen atoms in total. The molecule has 0 radical (unpaired) electrons. The summed E-state index contributed by atoms with van der Waals surface area (Å²) in [5.74, 6) is 0. The zero-order valence-electron chi connectivity index (χ0n) is 5.65. The predicted octanol–water partition coefficient (Wildman–Crippen LogP) is 0.354. The van der Waals surface area contributed by atoms with E-state index in [4.69, 9.17) is 10.8 Å². The lowest BCUT2D eigenvalue weighted by atomic mass is 9.90. The molecule has 0 aliphatic carbocycles. The van der Waals surface area contributed by atoms with E-state index in [0.717, 1.165) is 6.42 Å². The molecule has 0 rings (SSSR count). The van der Waals surface area contributed by atoms with E-state index >= 15 is 0 Å². The van der Waals surface area contributed by atoms with Crippen LogP contribution in [0.1, 0.15) is 20.3 Å². The molecule has 0 spiro atoms. The van der Waals surface area contributed by atoms with Gasteiger partial charge in [-0.1, -0.05) is 13.8 Å². The van der Waals surface area contributed by atoms with E-state index in [2.05, 4.69) is 0 Å². The third-order valence-corrected chi connectivity index (χ3v) is 1.34. The number of hydrogen-bond acceptors (Lipinski definition) is 2. The average Bonchev–Trinajstić information content (AvgIpc) is 1.67. The molecule has 0 saturated heterocycles.